The molecule has 0 N–H and O–H groups in total. The van der Waals surface area contributed by atoms with Gasteiger partial charge in [-0.25, -0.2) is 0 Å². The minimum absolute atomic E-state index is 0.777. The van der Waals surface area contributed by atoms with Crippen LogP contribution >= 0.6 is 8.58 Å². The molecule has 0 bridgehead atoms. The lowest BCUT2D eigenvalue weighted by molar-refractivity contribution is 1.75. The zero-order valence-corrected chi connectivity index (χ0v) is 13.9. The predicted octanol–water partition coefficient (Wildman–Crippen LogP) is 5.16. The molecule has 0 aromatic heterocycles. The third kappa shape index (κ3) is 4.77. The van der Waals surface area contributed by atoms with Gasteiger partial charge in [0.1, 0.15) is 0 Å². The maximum atomic E-state index is 2.17. The molecule has 0 saturated carbocycles. The molecule has 0 saturated heterocycles. The van der Waals surface area contributed by atoms with E-state index < -0.39 is 0 Å². The molecule has 4 aromatic rings. The van der Waals surface area contributed by atoms with Crippen LogP contribution in [0.4, 0.5) is 0 Å². The van der Waals surface area contributed by atoms with Gasteiger partial charge in [-0.2, -0.15) is 0 Å². The summed E-state index contributed by atoms with van der Waals surface area (Å²) in [6.45, 7) is 0. The van der Waals surface area contributed by atoms with Gasteiger partial charge in [0.2, 0.25) is 0 Å². The van der Waals surface area contributed by atoms with Crippen molar-refractivity contribution in [3.63, 3.8) is 0 Å². The Bertz CT molecular complexity index is 736. The number of benzene rings is 4. The van der Waals surface area contributed by atoms with Crippen LogP contribution in [0.3, 0.4) is 0 Å². The molecule has 0 spiro atoms. The Labute approximate surface area is 139 Å². The summed E-state index contributed by atoms with van der Waals surface area (Å²) in [6, 6.07) is 37.9. The molecular weight excluding hydrogens is 295 g/mol. The van der Waals surface area contributed by atoms with E-state index in [-0.39, 0.29) is 0 Å². The van der Waals surface area contributed by atoms with E-state index in [1.54, 1.807) is 0 Å². The summed E-state index contributed by atoms with van der Waals surface area (Å²) in [4.78, 5) is 0. The van der Waals surface area contributed by atoms with Crippen LogP contribution in [0, 0.1) is 0 Å². The van der Waals surface area contributed by atoms with E-state index in [0.29, 0.717) is 0 Å². The van der Waals surface area contributed by atoms with Gasteiger partial charge in [0.25, 0.3) is 0 Å². The minimum atomic E-state index is 0.777. The fourth-order valence-electron chi connectivity index (χ4n) is 2.34. The van der Waals surface area contributed by atoms with Crippen LogP contribution < -0.4 is 10.6 Å². The number of fused-ring (bicyclic) bond motifs is 1. The molecule has 4 rings (SSSR count). The van der Waals surface area contributed by atoms with Gasteiger partial charge in [-0.05, 0) is 21.4 Å². The molecule has 1 heteroatoms. The Morgan fingerprint density at radius 3 is 1.00 bits per heavy atom. The smallest absolute Gasteiger partial charge is 0.0184 e. The van der Waals surface area contributed by atoms with Gasteiger partial charge in [-0.1, -0.05) is 118 Å². The molecule has 0 amide bonds. The lowest BCUT2D eigenvalue weighted by Crippen LogP contribution is -2.01. The van der Waals surface area contributed by atoms with Crippen LogP contribution in [-0.2, 0) is 0 Å². The zero-order valence-electron chi connectivity index (χ0n) is 12.9. The van der Waals surface area contributed by atoms with E-state index in [1.807, 2.05) is 0 Å². The highest BCUT2D eigenvalue weighted by atomic mass is 31.1. The normalized spacial score (nSPS) is 9.91. The summed E-state index contributed by atoms with van der Waals surface area (Å²) < 4.78 is 0. The lowest BCUT2D eigenvalue weighted by atomic mass is 10.1. The number of rotatable bonds is 2. The second-order valence-electron chi connectivity index (χ2n) is 5.20. The van der Waals surface area contributed by atoms with E-state index in [1.165, 1.54) is 21.4 Å². The molecule has 112 valence electrons. The maximum absolute atomic E-state index is 2.17. The summed E-state index contributed by atoms with van der Waals surface area (Å²) in [5.41, 5.74) is 0. The van der Waals surface area contributed by atoms with Gasteiger partial charge in [0, 0.05) is 0 Å². The summed E-state index contributed by atoms with van der Waals surface area (Å²) in [5, 5.41) is 5.41. The SMILES string of the molecule is c1ccc(Pc2ccccc2)cc1.c1ccc2ccccc2c1. The lowest BCUT2D eigenvalue weighted by Gasteiger charge is -2.00. The molecule has 0 heterocycles. The summed E-state index contributed by atoms with van der Waals surface area (Å²) in [5.74, 6) is 0. The van der Waals surface area contributed by atoms with E-state index in [4.69, 9.17) is 0 Å². The first kappa shape index (κ1) is 15.5. The Morgan fingerprint density at radius 2 is 0.652 bits per heavy atom. The molecule has 4 aromatic carbocycles. The highest BCUT2D eigenvalue weighted by Crippen LogP contribution is 2.11. The summed E-state index contributed by atoms with van der Waals surface area (Å²) in [7, 11) is 0.777. The average Bonchev–Trinajstić information content (AvgIpc) is 2.64. The second kappa shape index (κ2) is 8.27. The van der Waals surface area contributed by atoms with Crippen molar-refractivity contribution in [3.05, 3.63) is 109 Å². The first-order chi connectivity index (χ1) is 11.4. The van der Waals surface area contributed by atoms with Crippen LogP contribution in [0.25, 0.3) is 10.8 Å². The number of hydrogen-bond acceptors (Lipinski definition) is 0. The molecule has 0 radical (unpaired) electrons. The van der Waals surface area contributed by atoms with Crippen molar-refractivity contribution in [1.82, 2.24) is 0 Å². The van der Waals surface area contributed by atoms with E-state index in [0.717, 1.165) is 8.58 Å². The van der Waals surface area contributed by atoms with Crippen LogP contribution in [0.5, 0.6) is 0 Å². The fourth-order valence-corrected chi connectivity index (χ4v) is 3.39. The van der Waals surface area contributed by atoms with Gasteiger partial charge in [-0.15, -0.1) is 0 Å². The first-order valence-corrected chi connectivity index (χ1v) is 8.73. The Hall–Kier alpha value is -2.43. The maximum Gasteiger partial charge on any atom is -0.0184 e. The standard InChI is InChI=1S/C12H11P.C10H8/c1-3-7-11(8-4-1)13-12-9-5-2-6-10-12;1-2-6-10-8-4-3-7-9(10)5-1/h1-10,13H;1-8H. The van der Waals surface area contributed by atoms with E-state index in [9.17, 15) is 0 Å². The molecule has 0 unspecified atom stereocenters. The van der Waals surface area contributed by atoms with Crippen molar-refractivity contribution in [2.24, 2.45) is 0 Å². The number of hydrogen-bond donors (Lipinski definition) is 0. The molecular formula is C22H19P. The topological polar surface area (TPSA) is 0 Å². The monoisotopic (exact) mass is 314 g/mol. The third-order valence-electron chi connectivity index (χ3n) is 3.49. The second-order valence-corrected chi connectivity index (χ2v) is 6.61. The highest BCUT2D eigenvalue weighted by Gasteiger charge is 1.92. The van der Waals surface area contributed by atoms with Crippen LogP contribution in [-0.4, -0.2) is 0 Å². The van der Waals surface area contributed by atoms with E-state index in [2.05, 4.69) is 109 Å². The predicted molar refractivity (Wildman–Crippen MR) is 104 cm³/mol. The Kier molecular flexibility index (Phi) is 5.56. The van der Waals surface area contributed by atoms with Crippen molar-refractivity contribution >= 4 is 30.0 Å². The van der Waals surface area contributed by atoms with Crippen molar-refractivity contribution in [3.8, 4) is 0 Å². The first-order valence-electron chi connectivity index (χ1n) is 7.73. The van der Waals surface area contributed by atoms with E-state index >= 15 is 0 Å². The fraction of sp³-hybridized carbons (Fsp3) is 0. The van der Waals surface area contributed by atoms with Crippen molar-refractivity contribution in [1.29, 1.82) is 0 Å². The summed E-state index contributed by atoms with van der Waals surface area (Å²) >= 11 is 0. The van der Waals surface area contributed by atoms with Gasteiger partial charge < -0.3 is 0 Å². The largest absolute Gasteiger partial charge is 0.0622 e. The average molecular weight is 314 g/mol. The zero-order chi connectivity index (χ0) is 15.7. The molecule has 0 aliphatic rings. The molecule has 0 nitrogen and oxygen atoms in total. The van der Waals surface area contributed by atoms with Crippen molar-refractivity contribution < 1.29 is 0 Å². The Balaban J connectivity index is 0.000000140. The van der Waals surface area contributed by atoms with Crippen LogP contribution in [0.1, 0.15) is 0 Å². The quantitative estimate of drug-likeness (QED) is 0.449. The van der Waals surface area contributed by atoms with Gasteiger partial charge >= 0.3 is 0 Å². The summed E-state index contributed by atoms with van der Waals surface area (Å²) in [6.07, 6.45) is 0. The molecule has 0 aliphatic heterocycles. The van der Waals surface area contributed by atoms with Crippen molar-refractivity contribution in [2.75, 3.05) is 0 Å². The van der Waals surface area contributed by atoms with Crippen molar-refractivity contribution in [2.45, 2.75) is 0 Å². The highest BCUT2D eigenvalue weighted by molar-refractivity contribution is 7.55. The van der Waals surface area contributed by atoms with Gasteiger partial charge in [0.05, 0.1) is 0 Å². The molecule has 0 fully saturated rings. The Morgan fingerprint density at radius 1 is 0.348 bits per heavy atom. The molecule has 0 atom stereocenters. The molecule has 0 aliphatic carbocycles. The van der Waals surface area contributed by atoms with Gasteiger partial charge in [0.15, 0.2) is 0 Å². The molecule has 23 heavy (non-hydrogen) atoms. The van der Waals surface area contributed by atoms with Crippen LogP contribution in [0.2, 0.25) is 0 Å². The minimum Gasteiger partial charge on any atom is -0.0622 e. The third-order valence-corrected chi connectivity index (χ3v) is 4.74. The van der Waals surface area contributed by atoms with Crippen LogP contribution in [0.15, 0.2) is 109 Å². The van der Waals surface area contributed by atoms with Gasteiger partial charge in [-0.3, -0.25) is 0 Å².